The standard InChI is InChI=1S/C16H12N10O4S/c27-25(28)13-6-12(7-14(8-13)26(29)30)15-17-21-24(19-15)10-31-16-18-20-22-23(16)9-11-4-2-1-3-5-11/h1-8H,9-10H2. The molecule has 0 aliphatic carbocycles. The molecule has 31 heavy (non-hydrogen) atoms. The first-order valence-corrected chi connectivity index (χ1v) is 9.63. The molecule has 0 saturated heterocycles. The molecular formula is C16H12N10O4S. The quantitative estimate of drug-likeness (QED) is 0.222. The summed E-state index contributed by atoms with van der Waals surface area (Å²) in [6.45, 7) is 0.490. The number of nitrogens with zero attached hydrogens (tertiary/aromatic N) is 10. The Balaban J connectivity index is 1.49. The van der Waals surface area contributed by atoms with Crippen LogP contribution in [0.15, 0.2) is 53.7 Å². The fraction of sp³-hybridized carbons (Fsp3) is 0.125. The molecule has 0 amide bonds. The molecule has 0 bridgehead atoms. The number of benzene rings is 2. The molecule has 2 heterocycles. The Hall–Kier alpha value is -4.27. The van der Waals surface area contributed by atoms with E-state index in [1.807, 2.05) is 30.3 Å². The SMILES string of the molecule is O=[N+]([O-])c1cc(-c2nnn(CSc3nnnn3Cc3ccccc3)n2)cc([N+](=O)[O-])c1. The normalized spacial score (nSPS) is 10.8. The van der Waals surface area contributed by atoms with Crippen LogP contribution in [0.25, 0.3) is 11.4 Å². The first-order valence-electron chi connectivity index (χ1n) is 8.64. The van der Waals surface area contributed by atoms with E-state index in [9.17, 15) is 20.2 Å². The van der Waals surface area contributed by atoms with E-state index in [0.717, 1.165) is 23.8 Å². The molecule has 0 spiro atoms. The highest BCUT2D eigenvalue weighted by Crippen LogP contribution is 2.27. The summed E-state index contributed by atoms with van der Waals surface area (Å²) in [6, 6.07) is 12.9. The highest BCUT2D eigenvalue weighted by molar-refractivity contribution is 7.98. The maximum Gasteiger partial charge on any atom is 0.277 e. The van der Waals surface area contributed by atoms with Crippen molar-refractivity contribution in [1.29, 1.82) is 0 Å². The van der Waals surface area contributed by atoms with Crippen LogP contribution in [-0.2, 0) is 12.4 Å². The van der Waals surface area contributed by atoms with Crippen LogP contribution >= 0.6 is 11.8 Å². The molecule has 0 N–H and O–H groups in total. The van der Waals surface area contributed by atoms with Gasteiger partial charge in [-0.1, -0.05) is 42.1 Å². The van der Waals surface area contributed by atoms with E-state index in [1.165, 1.54) is 16.6 Å². The van der Waals surface area contributed by atoms with Gasteiger partial charge < -0.3 is 0 Å². The Morgan fingerprint density at radius 1 is 0.935 bits per heavy atom. The lowest BCUT2D eigenvalue weighted by Gasteiger charge is -2.03. The maximum absolute atomic E-state index is 11.1. The van der Waals surface area contributed by atoms with Gasteiger partial charge in [0.1, 0.15) is 5.88 Å². The number of rotatable bonds is 8. The van der Waals surface area contributed by atoms with E-state index >= 15 is 0 Å². The van der Waals surface area contributed by atoms with Crippen LogP contribution in [0.3, 0.4) is 0 Å². The summed E-state index contributed by atoms with van der Waals surface area (Å²) in [4.78, 5) is 21.9. The zero-order chi connectivity index (χ0) is 21.8. The molecular weight excluding hydrogens is 428 g/mol. The molecule has 0 atom stereocenters. The smallest absolute Gasteiger partial charge is 0.258 e. The van der Waals surface area contributed by atoms with Gasteiger partial charge in [-0.05, 0) is 21.2 Å². The summed E-state index contributed by atoms with van der Waals surface area (Å²) in [5.41, 5.74) is 0.279. The molecule has 0 unspecified atom stereocenters. The number of aromatic nitrogens is 8. The topological polar surface area (TPSA) is 173 Å². The third kappa shape index (κ3) is 4.67. The van der Waals surface area contributed by atoms with E-state index in [-0.39, 0.29) is 17.3 Å². The Labute approximate surface area is 177 Å². The number of hydrogen-bond donors (Lipinski definition) is 0. The van der Waals surface area contributed by atoms with Crippen LogP contribution in [0, 0.1) is 20.2 Å². The largest absolute Gasteiger partial charge is 0.277 e. The number of hydrogen-bond acceptors (Lipinski definition) is 11. The highest BCUT2D eigenvalue weighted by atomic mass is 32.2. The second-order valence-corrected chi connectivity index (χ2v) is 7.03. The molecule has 4 aromatic rings. The molecule has 4 rings (SSSR count). The van der Waals surface area contributed by atoms with Crippen molar-refractivity contribution in [3.8, 4) is 11.4 Å². The summed E-state index contributed by atoms with van der Waals surface area (Å²) in [7, 11) is 0. The van der Waals surface area contributed by atoms with Gasteiger partial charge in [-0.25, -0.2) is 4.68 Å². The van der Waals surface area contributed by atoms with E-state index in [1.54, 1.807) is 4.68 Å². The van der Waals surface area contributed by atoms with Gasteiger partial charge >= 0.3 is 0 Å². The van der Waals surface area contributed by atoms with E-state index in [2.05, 4.69) is 30.9 Å². The molecule has 0 fully saturated rings. The molecule has 15 heteroatoms. The summed E-state index contributed by atoms with van der Waals surface area (Å²) in [5, 5.41) is 46.2. The molecule has 0 radical (unpaired) electrons. The van der Waals surface area contributed by atoms with Crippen LogP contribution < -0.4 is 0 Å². The van der Waals surface area contributed by atoms with Crippen molar-refractivity contribution >= 4 is 23.1 Å². The van der Waals surface area contributed by atoms with Crippen molar-refractivity contribution in [3.63, 3.8) is 0 Å². The highest BCUT2D eigenvalue weighted by Gasteiger charge is 2.19. The van der Waals surface area contributed by atoms with Gasteiger partial charge in [0.05, 0.1) is 22.5 Å². The summed E-state index contributed by atoms with van der Waals surface area (Å²) >= 11 is 1.26. The first-order chi connectivity index (χ1) is 15.0. The average molecular weight is 440 g/mol. The number of thioether (sulfide) groups is 1. The molecule has 14 nitrogen and oxygen atoms in total. The number of nitro groups is 2. The Bertz CT molecular complexity index is 1210. The average Bonchev–Trinajstić information content (AvgIpc) is 3.42. The molecule has 2 aromatic heterocycles. The van der Waals surface area contributed by atoms with Crippen LogP contribution in [0.1, 0.15) is 5.56 Å². The van der Waals surface area contributed by atoms with Gasteiger partial charge in [0.15, 0.2) is 0 Å². The van der Waals surface area contributed by atoms with Gasteiger partial charge in [-0.3, -0.25) is 20.2 Å². The molecule has 0 aliphatic rings. The third-order valence-corrected chi connectivity index (χ3v) is 4.93. The molecule has 2 aromatic carbocycles. The van der Waals surface area contributed by atoms with Gasteiger partial charge in [0, 0.05) is 17.7 Å². The van der Waals surface area contributed by atoms with Crippen LogP contribution in [-0.4, -0.2) is 50.3 Å². The lowest BCUT2D eigenvalue weighted by Crippen LogP contribution is -2.06. The van der Waals surface area contributed by atoms with Gasteiger partial charge in [-0.2, -0.15) is 4.80 Å². The van der Waals surface area contributed by atoms with Crippen molar-refractivity contribution in [2.45, 2.75) is 17.6 Å². The van der Waals surface area contributed by atoms with E-state index in [0.29, 0.717) is 11.7 Å². The first kappa shape index (κ1) is 20.0. The lowest BCUT2D eigenvalue weighted by atomic mass is 10.1. The predicted molar refractivity (Wildman–Crippen MR) is 106 cm³/mol. The number of nitro benzene ring substituents is 2. The monoisotopic (exact) mass is 440 g/mol. The van der Waals surface area contributed by atoms with Crippen LogP contribution in [0.2, 0.25) is 0 Å². The van der Waals surface area contributed by atoms with Gasteiger partial charge in [0.2, 0.25) is 11.0 Å². The van der Waals surface area contributed by atoms with E-state index < -0.39 is 21.2 Å². The lowest BCUT2D eigenvalue weighted by molar-refractivity contribution is -0.394. The number of tetrazole rings is 2. The van der Waals surface area contributed by atoms with Gasteiger partial charge in [0.25, 0.3) is 11.4 Å². The van der Waals surface area contributed by atoms with Crippen molar-refractivity contribution in [2.24, 2.45) is 0 Å². The molecule has 0 aliphatic heterocycles. The minimum Gasteiger partial charge on any atom is -0.258 e. The van der Waals surface area contributed by atoms with Gasteiger partial charge in [-0.15, -0.1) is 15.3 Å². The van der Waals surface area contributed by atoms with Crippen molar-refractivity contribution < 1.29 is 9.85 Å². The summed E-state index contributed by atoms with van der Waals surface area (Å²) < 4.78 is 1.63. The molecule has 0 saturated carbocycles. The zero-order valence-electron chi connectivity index (χ0n) is 15.5. The second-order valence-electron chi connectivity index (χ2n) is 6.12. The second kappa shape index (κ2) is 8.62. The predicted octanol–water partition coefficient (Wildman–Crippen LogP) is 1.94. The fourth-order valence-electron chi connectivity index (χ4n) is 2.62. The number of non-ortho nitro benzene ring substituents is 2. The fourth-order valence-corrected chi connectivity index (χ4v) is 3.30. The van der Waals surface area contributed by atoms with Crippen molar-refractivity contribution in [3.05, 3.63) is 74.3 Å². The Morgan fingerprint density at radius 3 is 2.32 bits per heavy atom. The van der Waals surface area contributed by atoms with Crippen LogP contribution in [0.4, 0.5) is 11.4 Å². The van der Waals surface area contributed by atoms with E-state index in [4.69, 9.17) is 0 Å². The van der Waals surface area contributed by atoms with Crippen molar-refractivity contribution in [2.75, 3.05) is 0 Å². The van der Waals surface area contributed by atoms with Crippen molar-refractivity contribution in [1.82, 2.24) is 40.4 Å². The minimum atomic E-state index is -0.719. The maximum atomic E-state index is 11.1. The minimum absolute atomic E-state index is 0.0243. The Morgan fingerprint density at radius 2 is 1.65 bits per heavy atom. The molecule has 156 valence electrons. The summed E-state index contributed by atoms with van der Waals surface area (Å²) in [6.07, 6.45) is 0. The zero-order valence-corrected chi connectivity index (χ0v) is 16.4. The summed E-state index contributed by atoms with van der Waals surface area (Å²) in [5.74, 6) is 0.232. The third-order valence-electron chi connectivity index (χ3n) is 4.02. The Kier molecular flexibility index (Phi) is 5.57. The van der Waals surface area contributed by atoms with Crippen LogP contribution in [0.5, 0.6) is 0 Å².